The van der Waals surface area contributed by atoms with E-state index in [1.165, 1.54) is 24.1 Å². The summed E-state index contributed by atoms with van der Waals surface area (Å²) in [5, 5.41) is 0. The SMILES string of the molecule is Cc1ccc(C(N)C(=O)N(C)Cc2ccccc2N2CCCC2)cc1.Cl.Cl. The highest BCUT2D eigenvalue weighted by Gasteiger charge is 2.22. The minimum Gasteiger partial charge on any atom is -0.371 e. The molecule has 2 aromatic carbocycles. The summed E-state index contributed by atoms with van der Waals surface area (Å²) in [5.41, 5.74) is 10.6. The van der Waals surface area contributed by atoms with Crippen LogP contribution in [-0.2, 0) is 11.3 Å². The van der Waals surface area contributed by atoms with Gasteiger partial charge in [0, 0.05) is 32.4 Å². The first-order valence-corrected chi connectivity index (χ1v) is 8.96. The number of para-hydroxylation sites is 1. The number of aryl methyl sites for hydroxylation is 1. The fraction of sp³-hybridized carbons (Fsp3) is 0.381. The van der Waals surface area contributed by atoms with E-state index in [-0.39, 0.29) is 30.7 Å². The Labute approximate surface area is 174 Å². The molecule has 1 fully saturated rings. The van der Waals surface area contributed by atoms with Gasteiger partial charge in [-0.1, -0.05) is 48.0 Å². The number of nitrogens with zero attached hydrogens (tertiary/aromatic N) is 2. The van der Waals surface area contributed by atoms with Gasteiger partial charge in [0.05, 0.1) is 0 Å². The summed E-state index contributed by atoms with van der Waals surface area (Å²) in [6.45, 7) is 4.79. The molecular formula is C21H29Cl2N3O. The van der Waals surface area contributed by atoms with Crippen LogP contribution in [-0.4, -0.2) is 30.9 Å². The number of likely N-dealkylation sites (N-methyl/N-ethyl adjacent to an activating group) is 1. The molecule has 148 valence electrons. The number of amides is 1. The Morgan fingerprint density at radius 2 is 1.67 bits per heavy atom. The maximum atomic E-state index is 12.8. The molecule has 1 atom stereocenters. The van der Waals surface area contributed by atoms with Gasteiger partial charge in [-0.15, -0.1) is 24.8 Å². The summed E-state index contributed by atoms with van der Waals surface area (Å²) in [6.07, 6.45) is 2.48. The van der Waals surface area contributed by atoms with Crippen molar-refractivity contribution in [3.8, 4) is 0 Å². The van der Waals surface area contributed by atoms with Crippen molar-refractivity contribution >= 4 is 36.4 Å². The molecule has 2 aromatic rings. The maximum absolute atomic E-state index is 12.8. The molecule has 0 bridgehead atoms. The van der Waals surface area contributed by atoms with Gasteiger partial charge in [0.15, 0.2) is 0 Å². The van der Waals surface area contributed by atoms with E-state index in [9.17, 15) is 4.79 Å². The lowest BCUT2D eigenvalue weighted by Gasteiger charge is -2.26. The van der Waals surface area contributed by atoms with Crippen molar-refractivity contribution in [1.29, 1.82) is 0 Å². The summed E-state index contributed by atoms with van der Waals surface area (Å²) in [6, 6.07) is 15.6. The van der Waals surface area contributed by atoms with Gasteiger partial charge in [0.1, 0.15) is 6.04 Å². The molecular weight excluding hydrogens is 381 g/mol. The van der Waals surface area contributed by atoms with Gasteiger partial charge < -0.3 is 15.5 Å². The van der Waals surface area contributed by atoms with Crippen LogP contribution in [0, 0.1) is 6.92 Å². The quantitative estimate of drug-likeness (QED) is 0.808. The van der Waals surface area contributed by atoms with E-state index in [1.54, 1.807) is 4.90 Å². The third-order valence-electron chi connectivity index (χ3n) is 4.92. The lowest BCUT2D eigenvalue weighted by atomic mass is 10.0. The van der Waals surface area contributed by atoms with E-state index in [1.807, 2.05) is 44.3 Å². The lowest BCUT2D eigenvalue weighted by molar-refractivity contribution is -0.131. The number of hydrogen-bond acceptors (Lipinski definition) is 3. The molecule has 1 heterocycles. The summed E-state index contributed by atoms with van der Waals surface area (Å²) in [7, 11) is 1.83. The molecule has 1 aliphatic rings. The molecule has 27 heavy (non-hydrogen) atoms. The summed E-state index contributed by atoms with van der Waals surface area (Å²) >= 11 is 0. The Kier molecular flexibility index (Phi) is 9.10. The molecule has 2 N–H and O–H groups in total. The summed E-state index contributed by atoms with van der Waals surface area (Å²) in [5.74, 6) is -0.0555. The molecule has 0 aliphatic carbocycles. The number of hydrogen-bond donors (Lipinski definition) is 1. The molecule has 1 amide bonds. The van der Waals surface area contributed by atoms with E-state index >= 15 is 0 Å². The molecule has 6 heteroatoms. The summed E-state index contributed by atoms with van der Waals surface area (Å²) < 4.78 is 0. The van der Waals surface area contributed by atoms with E-state index < -0.39 is 6.04 Å². The number of anilines is 1. The molecule has 1 aliphatic heterocycles. The molecule has 3 rings (SSSR count). The number of nitrogens with two attached hydrogens (primary N) is 1. The van der Waals surface area contributed by atoms with Crippen LogP contribution in [0.5, 0.6) is 0 Å². The van der Waals surface area contributed by atoms with Crippen molar-refractivity contribution in [2.45, 2.75) is 32.4 Å². The Morgan fingerprint density at radius 1 is 1.07 bits per heavy atom. The van der Waals surface area contributed by atoms with Gasteiger partial charge in [0.2, 0.25) is 5.91 Å². The first-order chi connectivity index (χ1) is 12.1. The zero-order chi connectivity index (χ0) is 17.8. The molecule has 1 saturated heterocycles. The van der Waals surface area contributed by atoms with Crippen molar-refractivity contribution in [1.82, 2.24) is 4.90 Å². The minimum absolute atomic E-state index is 0. The maximum Gasteiger partial charge on any atom is 0.244 e. The van der Waals surface area contributed by atoms with Crippen LogP contribution in [0.1, 0.15) is 35.6 Å². The molecule has 0 spiro atoms. The Bertz CT molecular complexity index is 730. The Balaban J connectivity index is 0.00000182. The molecule has 0 radical (unpaired) electrons. The lowest BCUT2D eigenvalue weighted by Crippen LogP contribution is -2.35. The van der Waals surface area contributed by atoms with Gasteiger partial charge in [0.25, 0.3) is 0 Å². The Morgan fingerprint density at radius 3 is 2.30 bits per heavy atom. The number of rotatable bonds is 5. The topological polar surface area (TPSA) is 49.6 Å². The van der Waals surface area contributed by atoms with Gasteiger partial charge in [-0.2, -0.15) is 0 Å². The van der Waals surface area contributed by atoms with Crippen molar-refractivity contribution < 1.29 is 4.79 Å². The number of carbonyl (C=O) groups is 1. The molecule has 4 nitrogen and oxygen atoms in total. The van der Waals surface area contributed by atoms with Crippen molar-refractivity contribution in [2.24, 2.45) is 5.73 Å². The van der Waals surface area contributed by atoms with E-state index in [2.05, 4.69) is 23.1 Å². The van der Waals surface area contributed by atoms with Crippen LogP contribution >= 0.6 is 24.8 Å². The first kappa shape index (κ1) is 23.3. The third-order valence-corrected chi connectivity index (χ3v) is 4.92. The van der Waals surface area contributed by atoms with Crippen molar-refractivity contribution in [2.75, 3.05) is 25.0 Å². The van der Waals surface area contributed by atoms with E-state index in [0.717, 1.165) is 24.2 Å². The minimum atomic E-state index is -0.621. The fourth-order valence-electron chi connectivity index (χ4n) is 3.40. The van der Waals surface area contributed by atoms with Gasteiger partial charge in [-0.25, -0.2) is 0 Å². The van der Waals surface area contributed by atoms with Crippen LogP contribution in [0.25, 0.3) is 0 Å². The van der Waals surface area contributed by atoms with Gasteiger partial charge >= 0.3 is 0 Å². The highest BCUT2D eigenvalue weighted by molar-refractivity contribution is 5.85. The number of halogens is 2. The highest BCUT2D eigenvalue weighted by Crippen LogP contribution is 2.26. The van der Waals surface area contributed by atoms with Crippen LogP contribution in [0.3, 0.4) is 0 Å². The predicted octanol–water partition coefficient (Wildman–Crippen LogP) is 4.10. The standard InChI is InChI=1S/C21H27N3O.2ClH/c1-16-9-11-17(12-10-16)20(22)21(25)23(2)15-18-7-3-4-8-19(18)24-13-5-6-14-24;;/h3-4,7-12,20H,5-6,13-15,22H2,1-2H3;2*1H. The molecule has 0 saturated carbocycles. The van der Waals surface area contributed by atoms with E-state index in [0.29, 0.717) is 6.54 Å². The van der Waals surface area contributed by atoms with Crippen LogP contribution < -0.4 is 10.6 Å². The van der Waals surface area contributed by atoms with Crippen LogP contribution in [0.2, 0.25) is 0 Å². The second-order valence-electron chi connectivity index (χ2n) is 6.91. The second-order valence-corrected chi connectivity index (χ2v) is 6.91. The second kappa shape index (κ2) is 10.5. The van der Waals surface area contributed by atoms with Crippen molar-refractivity contribution in [3.63, 3.8) is 0 Å². The zero-order valence-corrected chi connectivity index (χ0v) is 17.6. The van der Waals surface area contributed by atoms with Gasteiger partial charge in [-0.3, -0.25) is 4.79 Å². The molecule has 0 aromatic heterocycles. The summed E-state index contributed by atoms with van der Waals surface area (Å²) in [4.78, 5) is 16.9. The Hall–Kier alpha value is -1.75. The largest absolute Gasteiger partial charge is 0.371 e. The highest BCUT2D eigenvalue weighted by atomic mass is 35.5. The smallest absolute Gasteiger partial charge is 0.244 e. The van der Waals surface area contributed by atoms with Crippen LogP contribution in [0.4, 0.5) is 5.69 Å². The number of benzene rings is 2. The number of carbonyl (C=O) groups excluding carboxylic acids is 1. The normalized spacial score (nSPS) is 14.1. The van der Waals surface area contributed by atoms with E-state index in [4.69, 9.17) is 5.73 Å². The predicted molar refractivity (Wildman–Crippen MR) is 117 cm³/mol. The monoisotopic (exact) mass is 409 g/mol. The first-order valence-electron chi connectivity index (χ1n) is 8.96. The zero-order valence-electron chi connectivity index (χ0n) is 15.9. The average molecular weight is 410 g/mol. The molecule has 1 unspecified atom stereocenters. The van der Waals surface area contributed by atoms with Gasteiger partial charge in [-0.05, 0) is 37.0 Å². The fourth-order valence-corrected chi connectivity index (χ4v) is 3.40. The van der Waals surface area contributed by atoms with Crippen molar-refractivity contribution in [3.05, 3.63) is 65.2 Å². The average Bonchev–Trinajstić information content (AvgIpc) is 3.16. The third kappa shape index (κ3) is 5.61. The van der Waals surface area contributed by atoms with Crippen LogP contribution in [0.15, 0.2) is 48.5 Å².